The second-order valence-corrected chi connectivity index (χ2v) is 17.1. The molecule has 1 aliphatic rings. The molecule has 0 fully saturated rings. The van der Waals surface area contributed by atoms with Crippen LogP contribution in [0.1, 0.15) is 22.3 Å². The second kappa shape index (κ2) is 14.8. The van der Waals surface area contributed by atoms with Crippen LogP contribution in [0.15, 0.2) is 231 Å². The van der Waals surface area contributed by atoms with E-state index in [9.17, 15) is 0 Å². The first-order valence-electron chi connectivity index (χ1n) is 21.1. The molecule has 0 unspecified atom stereocenters. The molecule has 11 aromatic rings. The third kappa shape index (κ3) is 5.85. The summed E-state index contributed by atoms with van der Waals surface area (Å²) in [5.41, 5.74) is 16.7. The summed E-state index contributed by atoms with van der Waals surface area (Å²) in [6.45, 7) is 0. The van der Waals surface area contributed by atoms with Gasteiger partial charge in [-0.3, -0.25) is 0 Å². The van der Waals surface area contributed by atoms with Crippen LogP contribution in [0, 0.1) is 0 Å². The highest BCUT2D eigenvalue weighted by Gasteiger charge is 2.46. The Morgan fingerprint density at radius 2 is 0.839 bits per heavy atom. The van der Waals surface area contributed by atoms with Crippen molar-refractivity contribution >= 4 is 31.5 Å². The number of benzene rings is 9. The first kappa shape index (κ1) is 36.2. The Morgan fingerprint density at radius 3 is 1.55 bits per heavy atom. The molecule has 0 atom stereocenters. The Balaban J connectivity index is 0.947. The van der Waals surface area contributed by atoms with Gasteiger partial charge in [-0.05, 0) is 79.9 Å². The molecule has 3 heteroatoms. The van der Waals surface area contributed by atoms with E-state index in [0.717, 1.165) is 33.6 Å². The van der Waals surface area contributed by atoms with Crippen molar-refractivity contribution in [1.82, 2.24) is 9.97 Å². The van der Waals surface area contributed by atoms with Crippen molar-refractivity contribution in [3.8, 4) is 67.3 Å². The van der Waals surface area contributed by atoms with E-state index in [1.807, 2.05) is 17.4 Å². The Morgan fingerprint density at radius 1 is 0.323 bits per heavy atom. The molecule has 12 rings (SSSR count). The molecule has 0 N–H and O–H groups in total. The van der Waals surface area contributed by atoms with Gasteiger partial charge in [0.15, 0.2) is 5.82 Å². The third-order valence-corrected chi connectivity index (χ3v) is 13.8. The van der Waals surface area contributed by atoms with E-state index < -0.39 is 5.41 Å². The standard InChI is InChI=1S/C59H38N2S/c1-4-15-43(16-5-1)58-60-53(42-33-29-40(30-34-42)39-27-31-41(32-28-39)47-23-14-26-56-57(47)50-22-11-13-25-55(50)62-56)38-54(61-58)44-35-36-49-48-21-10-12-24-51(48)59(52(49)37-44,45-17-6-2-7-18-45)46-19-8-3-9-20-46/h1-38H. The molecule has 0 radical (unpaired) electrons. The summed E-state index contributed by atoms with van der Waals surface area (Å²) < 4.78 is 2.64. The van der Waals surface area contributed by atoms with Crippen LogP contribution in [-0.2, 0) is 5.41 Å². The molecule has 0 amide bonds. The van der Waals surface area contributed by atoms with Crippen LogP contribution in [0.25, 0.3) is 87.5 Å². The average Bonchev–Trinajstić information content (AvgIpc) is 3.89. The van der Waals surface area contributed by atoms with Gasteiger partial charge in [0.25, 0.3) is 0 Å². The van der Waals surface area contributed by atoms with Gasteiger partial charge in [-0.25, -0.2) is 9.97 Å². The zero-order valence-corrected chi connectivity index (χ0v) is 34.6. The van der Waals surface area contributed by atoms with Crippen LogP contribution < -0.4 is 0 Å². The Bertz CT molecular complexity index is 3390. The third-order valence-electron chi connectivity index (χ3n) is 12.6. The van der Waals surface area contributed by atoms with E-state index >= 15 is 0 Å². The van der Waals surface area contributed by atoms with Gasteiger partial charge in [-0.2, -0.15) is 0 Å². The molecule has 0 saturated heterocycles. The molecule has 290 valence electrons. The number of rotatable bonds is 7. The van der Waals surface area contributed by atoms with Crippen molar-refractivity contribution in [2.75, 3.05) is 0 Å². The minimum atomic E-state index is -0.498. The molecule has 0 aliphatic heterocycles. The molecule has 62 heavy (non-hydrogen) atoms. The number of thiophene rings is 1. The smallest absolute Gasteiger partial charge is 0.160 e. The molecule has 2 aromatic heterocycles. The molecule has 0 bridgehead atoms. The SMILES string of the molecule is c1ccc(-c2nc(-c3ccc(-c4ccc(-c5cccc6sc7ccccc7c56)cc4)cc3)cc(-c3ccc4c(c3)C(c3ccccc3)(c3ccccc3)c3ccccc3-4)n2)cc1. The summed E-state index contributed by atoms with van der Waals surface area (Å²) in [6.07, 6.45) is 0. The highest BCUT2D eigenvalue weighted by molar-refractivity contribution is 7.25. The maximum atomic E-state index is 5.29. The van der Waals surface area contributed by atoms with Gasteiger partial charge in [-0.15, -0.1) is 11.3 Å². The number of fused-ring (bicyclic) bond motifs is 6. The second-order valence-electron chi connectivity index (χ2n) is 16.0. The minimum absolute atomic E-state index is 0.498. The lowest BCUT2D eigenvalue weighted by molar-refractivity contribution is 0.768. The largest absolute Gasteiger partial charge is 0.228 e. The van der Waals surface area contributed by atoms with E-state index in [0.29, 0.717) is 5.82 Å². The Kier molecular flexibility index (Phi) is 8.62. The summed E-state index contributed by atoms with van der Waals surface area (Å²) in [7, 11) is 0. The van der Waals surface area contributed by atoms with Crippen LogP contribution in [-0.4, -0.2) is 9.97 Å². The fourth-order valence-corrected chi connectivity index (χ4v) is 10.9. The van der Waals surface area contributed by atoms with Gasteiger partial charge >= 0.3 is 0 Å². The molecule has 2 heterocycles. The minimum Gasteiger partial charge on any atom is -0.228 e. The molecule has 0 saturated carbocycles. The lowest BCUT2D eigenvalue weighted by Crippen LogP contribution is -2.28. The molecular formula is C59H38N2S. The highest BCUT2D eigenvalue weighted by atomic mass is 32.1. The van der Waals surface area contributed by atoms with Gasteiger partial charge in [0.05, 0.1) is 16.8 Å². The van der Waals surface area contributed by atoms with Crippen LogP contribution in [0.5, 0.6) is 0 Å². The monoisotopic (exact) mass is 806 g/mol. The van der Waals surface area contributed by atoms with Crippen molar-refractivity contribution in [1.29, 1.82) is 0 Å². The molecule has 2 nitrogen and oxygen atoms in total. The van der Waals surface area contributed by atoms with Gasteiger partial charge < -0.3 is 0 Å². The zero-order valence-electron chi connectivity index (χ0n) is 33.7. The number of aromatic nitrogens is 2. The average molecular weight is 807 g/mol. The van der Waals surface area contributed by atoms with Crippen LogP contribution in [0.2, 0.25) is 0 Å². The lowest BCUT2D eigenvalue weighted by atomic mass is 9.67. The van der Waals surface area contributed by atoms with Crippen LogP contribution in [0.3, 0.4) is 0 Å². The summed E-state index contributed by atoms with van der Waals surface area (Å²) in [4.78, 5) is 10.5. The first-order chi connectivity index (χ1) is 30.7. The predicted molar refractivity (Wildman–Crippen MR) is 259 cm³/mol. The van der Waals surface area contributed by atoms with Crippen molar-refractivity contribution < 1.29 is 0 Å². The maximum absolute atomic E-state index is 5.29. The van der Waals surface area contributed by atoms with E-state index in [-0.39, 0.29) is 0 Å². The molecule has 1 aliphatic carbocycles. The van der Waals surface area contributed by atoms with Gasteiger partial charge in [-0.1, -0.05) is 206 Å². The van der Waals surface area contributed by atoms with Gasteiger partial charge in [0.2, 0.25) is 0 Å². The van der Waals surface area contributed by atoms with Crippen molar-refractivity contribution in [3.05, 3.63) is 253 Å². The van der Waals surface area contributed by atoms with Crippen LogP contribution in [0.4, 0.5) is 0 Å². The van der Waals surface area contributed by atoms with Gasteiger partial charge in [0.1, 0.15) is 0 Å². The van der Waals surface area contributed by atoms with E-state index in [1.165, 1.54) is 70.2 Å². The summed E-state index contributed by atoms with van der Waals surface area (Å²) in [6, 6.07) is 83.3. The fraction of sp³-hybridized carbons (Fsp3) is 0.0169. The van der Waals surface area contributed by atoms with Gasteiger partial charge in [0, 0.05) is 36.9 Å². The Hall–Kier alpha value is -7.72. The summed E-state index contributed by atoms with van der Waals surface area (Å²) in [5.74, 6) is 0.701. The van der Waals surface area contributed by atoms with E-state index in [1.54, 1.807) is 0 Å². The summed E-state index contributed by atoms with van der Waals surface area (Å²) in [5, 5.41) is 2.65. The molecule has 9 aromatic carbocycles. The van der Waals surface area contributed by atoms with Crippen molar-refractivity contribution in [2.45, 2.75) is 5.41 Å². The lowest BCUT2D eigenvalue weighted by Gasteiger charge is -2.34. The Labute approximate surface area is 365 Å². The summed E-state index contributed by atoms with van der Waals surface area (Å²) >= 11 is 1.86. The fourth-order valence-electron chi connectivity index (χ4n) is 9.75. The zero-order chi connectivity index (χ0) is 41.0. The molecular weight excluding hydrogens is 769 g/mol. The van der Waals surface area contributed by atoms with E-state index in [2.05, 4.69) is 224 Å². The normalized spacial score (nSPS) is 12.6. The predicted octanol–water partition coefficient (Wildman–Crippen LogP) is 15.5. The first-order valence-corrected chi connectivity index (χ1v) is 22.0. The quantitative estimate of drug-likeness (QED) is 0.160. The molecule has 0 spiro atoms. The van der Waals surface area contributed by atoms with E-state index in [4.69, 9.17) is 9.97 Å². The van der Waals surface area contributed by atoms with Crippen molar-refractivity contribution in [2.24, 2.45) is 0 Å². The number of hydrogen-bond acceptors (Lipinski definition) is 3. The maximum Gasteiger partial charge on any atom is 0.160 e. The highest BCUT2D eigenvalue weighted by Crippen LogP contribution is 2.56. The van der Waals surface area contributed by atoms with Crippen molar-refractivity contribution in [3.63, 3.8) is 0 Å². The van der Waals surface area contributed by atoms with Crippen LogP contribution >= 0.6 is 11.3 Å². The topological polar surface area (TPSA) is 25.8 Å². The number of hydrogen-bond donors (Lipinski definition) is 0. The number of nitrogens with zero attached hydrogens (tertiary/aromatic N) is 2.